The fourth-order valence-corrected chi connectivity index (χ4v) is 5.82. The minimum absolute atomic E-state index is 0.0687. The van der Waals surface area contributed by atoms with E-state index in [1.54, 1.807) is 40.1 Å². The summed E-state index contributed by atoms with van der Waals surface area (Å²) >= 11 is 0. The van der Waals surface area contributed by atoms with Crippen LogP contribution < -0.4 is 14.8 Å². The Morgan fingerprint density at radius 2 is 1.50 bits per heavy atom. The minimum atomic E-state index is -1.03. The number of likely N-dealkylation sites (tertiary alicyclic amines) is 1. The molecule has 0 radical (unpaired) electrons. The van der Waals surface area contributed by atoms with Crippen molar-refractivity contribution in [2.24, 2.45) is 0 Å². The average molecular weight is 572 g/mol. The predicted octanol–water partition coefficient (Wildman–Crippen LogP) is 4.36. The second-order valence-corrected chi connectivity index (χ2v) is 10.8. The standard InChI is InChI=1S/C33H37N3O6/c1-22-13-15-25(16-14-22)31(38)36-26(30(37)34-23(2)24-9-6-5-7-10-24)21-42-33(36)17-19-35(20-18-33)32(39)29-27(40-3)11-8-12-28(29)41-4/h5-16,23,26H,17-21H2,1-4H3,(H,34,37). The third-order valence-electron chi connectivity index (χ3n) is 8.21. The molecule has 2 fully saturated rings. The van der Waals surface area contributed by atoms with E-state index in [2.05, 4.69) is 5.32 Å². The zero-order chi connectivity index (χ0) is 29.9. The van der Waals surface area contributed by atoms with Crippen molar-refractivity contribution in [1.82, 2.24) is 15.1 Å². The first-order valence-electron chi connectivity index (χ1n) is 14.2. The molecule has 42 heavy (non-hydrogen) atoms. The molecule has 3 aromatic rings. The first-order valence-corrected chi connectivity index (χ1v) is 14.2. The van der Waals surface area contributed by atoms with Crippen molar-refractivity contribution in [3.63, 3.8) is 0 Å². The average Bonchev–Trinajstić information content (AvgIpc) is 3.39. The number of amides is 3. The molecule has 2 unspecified atom stereocenters. The summed E-state index contributed by atoms with van der Waals surface area (Å²) in [4.78, 5) is 44.7. The molecule has 0 bridgehead atoms. The van der Waals surface area contributed by atoms with Crippen LogP contribution in [0.15, 0.2) is 72.8 Å². The fraction of sp³-hybridized carbons (Fsp3) is 0.364. The summed E-state index contributed by atoms with van der Waals surface area (Å²) in [6.45, 7) is 4.60. The maximum Gasteiger partial charge on any atom is 0.261 e. The number of rotatable bonds is 7. The van der Waals surface area contributed by atoms with E-state index in [9.17, 15) is 14.4 Å². The number of carbonyl (C=O) groups is 3. The van der Waals surface area contributed by atoms with Crippen molar-refractivity contribution in [3.8, 4) is 11.5 Å². The number of hydrogen-bond acceptors (Lipinski definition) is 6. The van der Waals surface area contributed by atoms with Crippen LogP contribution in [0, 0.1) is 6.92 Å². The zero-order valence-corrected chi connectivity index (χ0v) is 24.5. The highest BCUT2D eigenvalue weighted by Gasteiger charge is 2.54. The number of methoxy groups -OCH3 is 2. The largest absolute Gasteiger partial charge is 0.496 e. The van der Waals surface area contributed by atoms with Gasteiger partial charge in [-0.2, -0.15) is 0 Å². The van der Waals surface area contributed by atoms with Crippen LogP contribution in [-0.2, 0) is 9.53 Å². The molecular weight excluding hydrogens is 534 g/mol. The van der Waals surface area contributed by atoms with Crippen molar-refractivity contribution in [3.05, 3.63) is 95.1 Å². The molecule has 0 aromatic heterocycles. The van der Waals surface area contributed by atoms with Gasteiger partial charge in [0.05, 0.1) is 26.9 Å². The fourth-order valence-electron chi connectivity index (χ4n) is 5.82. The Balaban J connectivity index is 1.40. The summed E-state index contributed by atoms with van der Waals surface area (Å²) < 4.78 is 17.3. The van der Waals surface area contributed by atoms with Gasteiger partial charge in [0, 0.05) is 31.5 Å². The summed E-state index contributed by atoms with van der Waals surface area (Å²) in [5.74, 6) is 0.0843. The van der Waals surface area contributed by atoms with Crippen LogP contribution in [0.5, 0.6) is 11.5 Å². The van der Waals surface area contributed by atoms with Gasteiger partial charge in [0.1, 0.15) is 28.8 Å². The van der Waals surface area contributed by atoms with Crippen LogP contribution in [-0.4, -0.2) is 73.2 Å². The number of nitrogens with zero attached hydrogens (tertiary/aromatic N) is 2. The van der Waals surface area contributed by atoms with Gasteiger partial charge in [-0.15, -0.1) is 0 Å². The third-order valence-corrected chi connectivity index (χ3v) is 8.21. The third kappa shape index (κ3) is 5.56. The second-order valence-electron chi connectivity index (χ2n) is 10.8. The van der Waals surface area contributed by atoms with E-state index in [1.807, 2.05) is 56.3 Å². The lowest BCUT2D eigenvalue weighted by Gasteiger charge is -2.44. The van der Waals surface area contributed by atoms with Gasteiger partial charge in [-0.3, -0.25) is 19.3 Å². The van der Waals surface area contributed by atoms with Gasteiger partial charge in [0.2, 0.25) is 5.91 Å². The van der Waals surface area contributed by atoms with Gasteiger partial charge in [0.15, 0.2) is 0 Å². The van der Waals surface area contributed by atoms with Crippen molar-refractivity contribution < 1.29 is 28.6 Å². The molecule has 1 N–H and O–H groups in total. The highest BCUT2D eigenvalue weighted by Crippen LogP contribution is 2.40. The molecule has 2 aliphatic heterocycles. The monoisotopic (exact) mass is 571 g/mol. The molecule has 2 saturated heterocycles. The molecule has 2 atom stereocenters. The molecule has 3 aromatic carbocycles. The molecule has 5 rings (SSSR count). The zero-order valence-electron chi connectivity index (χ0n) is 24.5. The number of nitrogens with one attached hydrogen (secondary N) is 1. The van der Waals surface area contributed by atoms with Gasteiger partial charge in [-0.25, -0.2) is 0 Å². The van der Waals surface area contributed by atoms with Crippen LogP contribution >= 0.6 is 0 Å². The van der Waals surface area contributed by atoms with Crippen molar-refractivity contribution in [2.75, 3.05) is 33.9 Å². The molecule has 1 spiro atoms. The summed E-state index contributed by atoms with van der Waals surface area (Å²) in [5.41, 5.74) is 1.81. The lowest BCUT2D eigenvalue weighted by atomic mass is 9.95. The van der Waals surface area contributed by atoms with Crippen molar-refractivity contribution in [2.45, 2.75) is 44.5 Å². The highest BCUT2D eigenvalue weighted by atomic mass is 16.5. The summed E-state index contributed by atoms with van der Waals surface area (Å²) in [6.07, 6.45) is 0.706. The smallest absolute Gasteiger partial charge is 0.261 e. The lowest BCUT2D eigenvalue weighted by molar-refractivity contribution is -0.128. The SMILES string of the molecule is COc1cccc(OC)c1C(=O)N1CCC2(CC1)OCC(C(=O)NC(C)c1ccccc1)N2C(=O)c1ccc(C)cc1. The van der Waals surface area contributed by atoms with E-state index >= 15 is 0 Å². The van der Waals surface area contributed by atoms with Crippen molar-refractivity contribution in [1.29, 1.82) is 0 Å². The van der Waals surface area contributed by atoms with Gasteiger partial charge in [-0.05, 0) is 43.7 Å². The van der Waals surface area contributed by atoms with Crippen LogP contribution in [0.3, 0.4) is 0 Å². The van der Waals surface area contributed by atoms with Crippen LogP contribution in [0.25, 0.3) is 0 Å². The van der Waals surface area contributed by atoms with Gasteiger partial charge in [0.25, 0.3) is 11.8 Å². The first kappa shape index (κ1) is 29.1. The lowest BCUT2D eigenvalue weighted by Crippen LogP contribution is -2.60. The van der Waals surface area contributed by atoms with E-state index < -0.39 is 11.8 Å². The summed E-state index contributed by atoms with van der Waals surface area (Å²) in [7, 11) is 3.03. The topological polar surface area (TPSA) is 97.4 Å². The second kappa shape index (κ2) is 12.2. The Hall–Kier alpha value is -4.37. The molecule has 2 heterocycles. The Kier molecular flexibility index (Phi) is 8.49. The molecule has 9 nitrogen and oxygen atoms in total. The molecule has 3 amide bonds. The van der Waals surface area contributed by atoms with Crippen LogP contribution in [0.2, 0.25) is 0 Å². The first-order chi connectivity index (χ1) is 20.3. The number of piperidine rings is 1. The van der Waals surface area contributed by atoms with Gasteiger partial charge >= 0.3 is 0 Å². The number of carbonyl (C=O) groups excluding carboxylic acids is 3. The molecule has 0 aliphatic carbocycles. The number of benzene rings is 3. The number of aryl methyl sites for hydroxylation is 1. The maximum absolute atomic E-state index is 14.1. The molecule has 220 valence electrons. The molecule has 2 aliphatic rings. The number of ether oxygens (including phenoxy) is 3. The van der Waals surface area contributed by atoms with Gasteiger partial charge < -0.3 is 24.4 Å². The van der Waals surface area contributed by atoms with Gasteiger partial charge in [-0.1, -0.05) is 54.1 Å². The molecule has 9 heteroatoms. The molecular formula is C33H37N3O6. The molecule has 0 saturated carbocycles. The summed E-state index contributed by atoms with van der Waals surface area (Å²) in [5, 5.41) is 3.07. The predicted molar refractivity (Wildman–Crippen MR) is 158 cm³/mol. The van der Waals surface area contributed by atoms with Crippen LogP contribution in [0.4, 0.5) is 0 Å². The van der Waals surface area contributed by atoms with Crippen LogP contribution in [0.1, 0.15) is 57.7 Å². The quantitative estimate of drug-likeness (QED) is 0.453. The summed E-state index contributed by atoms with van der Waals surface area (Å²) in [6, 6.07) is 21.1. The Morgan fingerprint density at radius 3 is 2.10 bits per heavy atom. The highest BCUT2D eigenvalue weighted by molar-refractivity contribution is 6.00. The van der Waals surface area contributed by atoms with E-state index in [0.717, 1.165) is 11.1 Å². The Bertz CT molecular complexity index is 1410. The minimum Gasteiger partial charge on any atom is -0.496 e. The Morgan fingerprint density at radius 1 is 0.881 bits per heavy atom. The van der Waals surface area contributed by atoms with E-state index in [-0.39, 0.29) is 30.4 Å². The van der Waals surface area contributed by atoms with E-state index in [0.29, 0.717) is 48.6 Å². The number of hydrogen-bond donors (Lipinski definition) is 1. The maximum atomic E-state index is 14.1. The van der Waals surface area contributed by atoms with Crippen molar-refractivity contribution >= 4 is 17.7 Å². The van der Waals surface area contributed by atoms with E-state index in [4.69, 9.17) is 14.2 Å². The Labute approximate surface area is 246 Å². The van der Waals surface area contributed by atoms with E-state index in [1.165, 1.54) is 14.2 Å². The normalized spacial score (nSPS) is 18.4.